The highest BCUT2D eigenvalue weighted by Gasteiger charge is 2.33. The lowest BCUT2D eigenvalue weighted by molar-refractivity contribution is 0.0602. The number of piperazine rings is 1. The Bertz CT molecular complexity index is 239. The zero-order valence-corrected chi connectivity index (χ0v) is 10.5. The van der Waals surface area contributed by atoms with Gasteiger partial charge < -0.3 is 5.32 Å². The van der Waals surface area contributed by atoms with Crippen LogP contribution in [0.1, 0.15) is 40.5 Å². The molecule has 0 spiro atoms. The minimum Gasteiger partial charge on any atom is -0.309 e. The van der Waals surface area contributed by atoms with Crippen molar-refractivity contribution in [3.8, 4) is 12.3 Å². The van der Waals surface area contributed by atoms with Crippen molar-refractivity contribution >= 4 is 0 Å². The molecule has 0 amide bonds. The Morgan fingerprint density at radius 2 is 2.27 bits per heavy atom. The van der Waals surface area contributed by atoms with Crippen LogP contribution in [0.4, 0.5) is 0 Å². The molecule has 2 heteroatoms. The molecule has 2 nitrogen and oxygen atoms in total. The summed E-state index contributed by atoms with van der Waals surface area (Å²) in [7, 11) is 0. The van der Waals surface area contributed by atoms with Crippen molar-refractivity contribution in [2.45, 2.75) is 58.2 Å². The molecule has 86 valence electrons. The van der Waals surface area contributed by atoms with Crippen molar-refractivity contribution in [2.24, 2.45) is 0 Å². The van der Waals surface area contributed by atoms with Crippen LogP contribution in [0.15, 0.2) is 0 Å². The van der Waals surface area contributed by atoms with E-state index in [-0.39, 0.29) is 5.54 Å². The van der Waals surface area contributed by atoms with Crippen LogP contribution in [0.25, 0.3) is 0 Å². The first-order chi connectivity index (χ1) is 7.00. The lowest BCUT2D eigenvalue weighted by Gasteiger charge is -2.47. The predicted molar refractivity (Wildman–Crippen MR) is 65.8 cm³/mol. The minimum atomic E-state index is 0.217. The molecule has 0 aliphatic carbocycles. The second kappa shape index (κ2) is 5.01. The van der Waals surface area contributed by atoms with E-state index in [4.69, 9.17) is 6.42 Å². The lowest BCUT2D eigenvalue weighted by atomic mass is 9.95. The summed E-state index contributed by atoms with van der Waals surface area (Å²) in [6, 6.07) is 1.14. The van der Waals surface area contributed by atoms with Crippen molar-refractivity contribution in [2.75, 3.05) is 13.1 Å². The lowest BCUT2D eigenvalue weighted by Crippen LogP contribution is -2.63. The molecule has 0 aromatic carbocycles. The van der Waals surface area contributed by atoms with Crippen LogP contribution in [-0.4, -0.2) is 35.6 Å². The maximum atomic E-state index is 5.40. The van der Waals surface area contributed by atoms with Gasteiger partial charge in [0.25, 0.3) is 0 Å². The van der Waals surface area contributed by atoms with Gasteiger partial charge in [-0.3, -0.25) is 4.90 Å². The maximum Gasteiger partial charge on any atom is 0.0253 e. The van der Waals surface area contributed by atoms with Gasteiger partial charge in [0.1, 0.15) is 0 Å². The molecule has 0 radical (unpaired) electrons. The zero-order chi connectivity index (χ0) is 11.5. The van der Waals surface area contributed by atoms with Gasteiger partial charge in [-0.1, -0.05) is 6.92 Å². The highest BCUT2D eigenvalue weighted by molar-refractivity contribution is 4.97. The molecule has 0 aromatic rings. The number of rotatable bonds is 3. The Morgan fingerprint density at radius 1 is 1.60 bits per heavy atom. The van der Waals surface area contributed by atoms with Gasteiger partial charge >= 0.3 is 0 Å². The Morgan fingerprint density at radius 3 is 2.80 bits per heavy atom. The van der Waals surface area contributed by atoms with Gasteiger partial charge in [-0.15, -0.1) is 12.3 Å². The molecular formula is C13H24N2. The molecule has 1 N–H and O–H groups in total. The van der Waals surface area contributed by atoms with Crippen LogP contribution in [0.2, 0.25) is 0 Å². The average Bonchev–Trinajstić information content (AvgIpc) is 2.17. The summed E-state index contributed by atoms with van der Waals surface area (Å²) in [6.45, 7) is 11.2. The summed E-state index contributed by atoms with van der Waals surface area (Å²) in [6.07, 6.45) is 7.44. The standard InChI is InChI=1S/C13H24N2/c1-6-8-11(3)15-10-13(4,5)14-9-12(15)7-2/h1,11-12,14H,7-10H2,2-5H3. The van der Waals surface area contributed by atoms with E-state index >= 15 is 0 Å². The van der Waals surface area contributed by atoms with Crippen molar-refractivity contribution in [3.05, 3.63) is 0 Å². The van der Waals surface area contributed by atoms with Gasteiger partial charge in [0.05, 0.1) is 0 Å². The smallest absolute Gasteiger partial charge is 0.0253 e. The highest BCUT2D eigenvalue weighted by atomic mass is 15.3. The molecule has 1 rings (SSSR count). The third-order valence-electron chi connectivity index (χ3n) is 3.31. The molecule has 0 aromatic heterocycles. The molecule has 0 bridgehead atoms. The van der Waals surface area contributed by atoms with Crippen LogP contribution in [0.5, 0.6) is 0 Å². The Hall–Kier alpha value is -0.520. The van der Waals surface area contributed by atoms with Crippen molar-refractivity contribution in [1.82, 2.24) is 10.2 Å². The third-order valence-corrected chi connectivity index (χ3v) is 3.31. The van der Waals surface area contributed by atoms with E-state index in [1.54, 1.807) is 0 Å². The van der Waals surface area contributed by atoms with Gasteiger partial charge in [-0.2, -0.15) is 0 Å². The van der Waals surface area contributed by atoms with E-state index < -0.39 is 0 Å². The number of hydrogen-bond donors (Lipinski definition) is 1. The fraction of sp³-hybridized carbons (Fsp3) is 0.846. The summed E-state index contributed by atoms with van der Waals surface area (Å²) < 4.78 is 0. The van der Waals surface area contributed by atoms with Gasteiger partial charge in [0.2, 0.25) is 0 Å². The second-order valence-corrected chi connectivity index (χ2v) is 5.26. The normalized spacial score (nSPS) is 28.3. The zero-order valence-electron chi connectivity index (χ0n) is 10.5. The summed E-state index contributed by atoms with van der Waals surface area (Å²) in [5.41, 5.74) is 0.217. The quantitative estimate of drug-likeness (QED) is 0.712. The van der Waals surface area contributed by atoms with Gasteiger partial charge in [-0.25, -0.2) is 0 Å². The third kappa shape index (κ3) is 3.22. The van der Waals surface area contributed by atoms with E-state index in [1.807, 2.05) is 0 Å². The molecule has 1 saturated heterocycles. The average molecular weight is 208 g/mol. The van der Waals surface area contributed by atoms with E-state index in [9.17, 15) is 0 Å². The molecular weight excluding hydrogens is 184 g/mol. The highest BCUT2D eigenvalue weighted by Crippen LogP contribution is 2.20. The van der Waals surface area contributed by atoms with Gasteiger partial charge in [-0.05, 0) is 27.2 Å². The molecule has 2 atom stereocenters. The van der Waals surface area contributed by atoms with Crippen LogP contribution in [-0.2, 0) is 0 Å². The van der Waals surface area contributed by atoms with E-state index in [0.717, 1.165) is 19.5 Å². The Kier molecular flexibility index (Phi) is 4.19. The predicted octanol–water partition coefficient (Wildman–Crippen LogP) is 1.86. The van der Waals surface area contributed by atoms with Crippen LogP contribution in [0.3, 0.4) is 0 Å². The maximum absolute atomic E-state index is 5.40. The molecule has 1 aliphatic rings. The number of hydrogen-bond acceptors (Lipinski definition) is 2. The number of nitrogens with one attached hydrogen (secondary N) is 1. The summed E-state index contributed by atoms with van der Waals surface area (Å²) in [5, 5.41) is 3.59. The molecule has 1 aliphatic heterocycles. The topological polar surface area (TPSA) is 15.3 Å². The Labute approximate surface area is 94.4 Å². The SMILES string of the molecule is C#CCC(C)N1CC(C)(C)NCC1CC. The monoisotopic (exact) mass is 208 g/mol. The van der Waals surface area contributed by atoms with Gasteiger partial charge in [0.15, 0.2) is 0 Å². The minimum absolute atomic E-state index is 0.217. The van der Waals surface area contributed by atoms with E-state index in [1.165, 1.54) is 6.42 Å². The Balaban J connectivity index is 2.67. The van der Waals surface area contributed by atoms with Crippen molar-refractivity contribution in [1.29, 1.82) is 0 Å². The fourth-order valence-corrected chi connectivity index (χ4v) is 2.34. The van der Waals surface area contributed by atoms with Crippen molar-refractivity contribution < 1.29 is 0 Å². The van der Waals surface area contributed by atoms with Gasteiger partial charge in [0, 0.05) is 37.1 Å². The second-order valence-electron chi connectivity index (χ2n) is 5.26. The summed E-state index contributed by atoms with van der Waals surface area (Å²) >= 11 is 0. The largest absolute Gasteiger partial charge is 0.309 e. The summed E-state index contributed by atoms with van der Waals surface area (Å²) in [5.74, 6) is 2.77. The van der Waals surface area contributed by atoms with E-state index in [0.29, 0.717) is 12.1 Å². The molecule has 1 fully saturated rings. The first-order valence-corrected chi connectivity index (χ1v) is 5.94. The van der Waals surface area contributed by atoms with E-state index in [2.05, 4.69) is 43.8 Å². The molecule has 2 unspecified atom stereocenters. The fourth-order valence-electron chi connectivity index (χ4n) is 2.34. The molecule has 0 saturated carbocycles. The van der Waals surface area contributed by atoms with Crippen molar-refractivity contribution in [3.63, 3.8) is 0 Å². The number of terminal acetylenes is 1. The van der Waals surface area contributed by atoms with Crippen LogP contribution in [0, 0.1) is 12.3 Å². The van der Waals surface area contributed by atoms with Crippen LogP contribution < -0.4 is 5.32 Å². The molecule has 1 heterocycles. The summed E-state index contributed by atoms with van der Waals surface area (Å²) in [4.78, 5) is 2.57. The molecule has 15 heavy (non-hydrogen) atoms. The first-order valence-electron chi connectivity index (χ1n) is 5.94. The number of nitrogens with zero attached hydrogens (tertiary/aromatic N) is 1. The first kappa shape index (κ1) is 12.5. The van der Waals surface area contributed by atoms with Crippen LogP contribution >= 0.6 is 0 Å².